The topological polar surface area (TPSA) is 71.1 Å². The number of hydrogen-bond acceptors (Lipinski definition) is 4. The quantitative estimate of drug-likeness (QED) is 0.854. The van der Waals surface area contributed by atoms with Gasteiger partial charge in [-0.3, -0.25) is 9.71 Å². The summed E-state index contributed by atoms with van der Waals surface area (Å²) in [6.07, 6.45) is 1.65. The third kappa shape index (κ3) is 3.91. The van der Waals surface area contributed by atoms with Crippen LogP contribution in [0.2, 0.25) is 0 Å². The molecule has 2 rings (SSSR count). The average Bonchev–Trinajstić information content (AvgIpc) is 2.38. The minimum Gasteiger partial charge on any atom is -0.313 e. The van der Waals surface area contributed by atoms with Gasteiger partial charge in [0.25, 0.3) is 0 Å². The van der Waals surface area contributed by atoms with Crippen molar-refractivity contribution >= 4 is 26.6 Å². The molecular weight excluding hydrogens is 274 g/mol. The standard InChI is InChI=1S/C14H19N3O2S/c1-11(2)15-9-10-20(18,19)17-13-7-3-5-12-6-4-8-16-14(12)13/h3-8,11,15,17H,9-10H2,1-2H3. The molecule has 2 aromatic rings. The van der Waals surface area contributed by atoms with Crippen LogP contribution in [-0.4, -0.2) is 31.7 Å². The molecule has 108 valence electrons. The second-order valence-electron chi connectivity index (χ2n) is 4.91. The van der Waals surface area contributed by atoms with E-state index in [4.69, 9.17) is 0 Å². The maximum Gasteiger partial charge on any atom is 0.234 e. The van der Waals surface area contributed by atoms with Crippen molar-refractivity contribution in [2.45, 2.75) is 19.9 Å². The first-order chi connectivity index (χ1) is 9.48. The van der Waals surface area contributed by atoms with E-state index in [-0.39, 0.29) is 11.8 Å². The highest BCUT2D eigenvalue weighted by Crippen LogP contribution is 2.21. The Kier molecular flexibility index (Phi) is 4.57. The molecular formula is C14H19N3O2S. The predicted octanol–water partition coefficient (Wildman–Crippen LogP) is 1.97. The molecule has 20 heavy (non-hydrogen) atoms. The van der Waals surface area contributed by atoms with Crippen molar-refractivity contribution in [1.82, 2.24) is 10.3 Å². The van der Waals surface area contributed by atoms with Crippen LogP contribution >= 0.6 is 0 Å². The Morgan fingerprint density at radius 1 is 1.20 bits per heavy atom. The Balaban J connectivity index is 2.15. The highest BCUT2D eigenvalue weighted by Gasteiger charge is 2.12. The Morgan fingerprint density at radius 2 is 1.95 bits per heavy atom. The largest absolute Gasteiger partial charge is 0.313 e. The summed E-state index contributed by atoms with van der Waals surface area (Å²) < 4.78 is 26.7. The van der Waals surface area contributed by atoms with Crippen LogP contribution in [0, 0.1) is 0 Å². The number of anilines is 1. The summed E-state index contributed by atoms with van der Waals surface area (Å²) in [5.41, 5.74) is 1.18. The second-order valence-corrected chi connectivity index (χ2v) is 6.75. The van der Waals surface area contributed by atoms with Gasteiger partial charge in [0.2, 0.25) is 10.0 Å². The minimum atomic E-state index is -3.37. The highest BCUT2D eigenvalue weighted by molar-refractivity contribution is 7.92. The van der Waals surface area contributed by atoms with Crippen molar-refractivity contribution in [3.05, 3.63) is 36.5 Å². The Hall–Kier alpha value is -1.66. The summed E-state index contributed by atoms with van der Waals surface area (Å²) in [6.45, 7) is 4.38. The summed E-state index contributed by atoms with van der Waals surface area (Å²) >= 11 is 0. The maximum atomic E-state index is 12.0. The molecule has 0 fully saturated rings. The molecule has 0 saturated carbocycles. The van der Waals surface area contributed by atoms with Crippen molar-refractivity contribution in [3.8, 4) is 0 Å². The molecule has 1 aromatic carbocycles. The number of benzene rings is 1. The van der Waals surface area contributed by atoms with Gasteiger partial charge in [-0.1, -0.05) is 32.0 Å². The number of para-hydroxylation sites is 1. The minimum absolute atomic E-state index is 0.0361. The van der Waals surface area contributed by atoms with Crippen molar-refractivity contribution in [2.75, 3.05) is 17.0 Å². The molecule has 0 aliphatic heterocycles. The molecule has 0 bridgehead atoms. The predicted molar refractivity (Wildman–Crippen MR) is 82.3 cm³/mol. The van der Waals surface area contributed by atoms with E-state index < -0.39 is 10.0 Å². The first kappa shape index (κ1) is 14.7. The number of nitrogens with one attached hydrogen (secondary N) is 2. The molecule has 0 unspecified atom stereocenters. The van der Waals surface area contributed by atoms with Crippen LogP contribution in [0.3, 0.4) is 0 Å². The van der Waals surface area contributed by atoms with E-state index in [2.05, 4.69) is 15.0 Å². The van der Waals surface area contributed by atoms with E-state index in [0.717, 1.165) is 5.39 Å². The van der Waals surface area contributed by atoms with Crippen molar-refractivity contribution in [3.63, 3.8) is 0 Å². The first-order valence-corrected chi connectivity index (χ1v) is 8.21. The van der Waals surface area contributed by atoms with Crippen molar-refractivity contribution < 1.29 is 8.42 Å². The third-order valence-electron chi connectivity index (χ3n) is 2.82. The van der Waals surface area contributed by atoms with Gasteiger partial charge in [-0.05, 0) is 12.1 Å². The fourth-order valence-electron chi connectivity index (χ4n) is 1.89. The lowest BCUT2D eigenvalue weighted by Gasteiger charge is -2.11. The van der Waals surface area contributed by atoms with Crippen molar-refractivity contribution in [1.29, 1.82) is 0 Å². The van der Waals surface area contributed by atoms with Crippen LogP contribution in [0.5, 0.6) is 0 Å². The van der Waals surface area contributed by atoms with E-state index in [1.54, 1.807) is 12.3 Å². The molecule has 0 spiro atoms. The molecule has 0 atom stereocenters. The van der Waals surface area contributed by atoms with Crippen LogP contribution in [-0.2, 0) is 10.0 Å². The molecule has 2 N–H and O–H groups in total. The Labute approximate surface area is 119 Å². The van der Waals surface area contributed by atoms with Gasteiger partial charge >= 0.3 is 0 Å². The van der Waals surface area contributed by atoms with Crippen LogP contribution in [0.1, 0.15) is 13.8 Å². The summed E-state index contributed by atoms with van der Waals surface area (Å²) in [4.78, 5) is 4.23. The third-order valence-corrected chi connectivity index (χ3v) is 4.09. The SMILES string of the molecule is CC(C)NCCS(=O)(=O)Nc1cccc2cccnc12. The Bertz CT molecular complexity index is 678. The zero-order chi connectivity index (χ0) is 14.6. The zero-order valence-corrected chi connectivity index (χ0v) is 12.4. The number of hydrogen-bond donors (Lipinski definition) is 2. The number of sulfonamides is 1. The number of aromatic nitrogens is 1. The molecule has 5 nitrogen and oxygen atoms in total. The summed E-state index contributed by atoms with van der Waals surface area (Å²) in [5, 5.41) is 4.00. The van der Waals surface area contributed by atoms with Crippen LogP contribution in [0.25, 0.3) is 10.9 Å². The summed E-state index contributed by atoms with van der Waals surface area (Å²) in [6, 6.07) is 9.44. The normalized spacial score (nSPS) is 11.9. The molecule has 0 aliphatic rings. The molecule has 0 aliphatic carbocycles. The fourth-order valence-corrected chi connectivity index (χ4v) is 2.88. The fraction of sp³-hybridized carbons (Fsp3) is 0.357. The molecule has 6 heteroatoms. The van der Waals surface area contributed by atoms with Gasteiger partial charge in [-0.25, -0.2) is 8.42 Å². The Morgan fingerprint density at radius 3 is 2.70 bits per heavy atom. The van der Waals surface area contributed by atoms with E-state index >= 15 is 0 Å². The van der Waals surface area contributed by atoms with E-state index in [9.17, 15) is 8.42 Å². The molecule has 1 heterocycles. The van der Waals surface area contributed by atoms with Crippen LogP contribution in [0.4, 0.5) is 5.69 Å². The summed E-state index contributed by atoms with van der Waals surface area (Å²) in [5.74, 6) is 0.0361. The van der Waals surface area contributed by atoms with Gasteiger partial charge < -0.3 is 5.32 Å². The number of rotatable bonds is 6. The zero-order valence-electron chi connectivity index (χ0n) is 11.6. The monoisotopic (exact) mass is 293 g/mol. The smallest absolute Gasteiger partial charge is 0.234 e. The lowest BCUT2D eigenvalue weighted by atomic mass is 10.2. The molecule has 0 radical (unpaired) electrons. The van der Waals surface area contributed by atoms with Gasteiger partial charge in [-0.2, -0.15) is 0 Å². The number of fused-ring (bicyclic) bond motifs is 1. The van der Waals surface area contributed by atoms with Gasteiger partial charge in [0.1, 0.15) is 0 Å². The maximum absolute atomic E-state index is 12.0. The first-order valence-electron chi connectivity index (χ1n) is 6.55. The number of pyridine rings is 1. The van der Waals surface area contributed by atoms with Gasteiger partial charge in [-0.15, -0.1) is 0 Å². The lowest BCUT2D eigenvalue weighted by molar-refractivity contribution is 0.582. The lowest BCUT2D eigenvalue weighted by Crippen LogP contribution is -2.31. The van der Waals surface area contributed by atoms with Crippen LogP contribution < -0.4 is 10.0 Å². The number of nitrogens with zero attached hydrogens (tertiary/aromatic N) is 1. The molecule has 0 amide bonds. The van der Waals surface area contributed by atoms with Crippen molar-refractivity contribution in [2.24, 2.45) is 0 Å². The van der Waals surface area contributed by atoms with Gasteiger partial charge in [0.05, 0.1) is 17.0 Å². The summed E-state index contributed by atoms with van der Waals surface area (Å²) in [7, 11) is -3.37. The van der Waals surface area contributed by atoms with E-state index in [0.29, 0.717) is 17.7 Å². The van der Waals surface area contributed by atoms with Crippen LogP contribution in [0.15, 0.2) is 36.5 Å². The van der Waals surface area contributed by atoms with Gasteiger partial charge in [0.15, 0.2) is 0 Å². The molecule has 1 aromatic heterocycles. The highest BCUT2D eigenvalue weighted by atomic mass is 32.2. The van der Waals surface area contributed by atoms with E-state index in [1.807, 2.05) is 38.1 Å². The average molecular weight is 293 g/mol. The molecule has 0 saturated heterocycles. The van der Waals surface area contributed by atoms with Gasteiger partial charge in [0, 0.05) is 24.2 Å². The second kappa shape index (κ2) is 6.19. The van der Waals surface area contributed by atoms with E-state index in [1.165, 1.54) is 0 Å².